The van der Waals surface area contributed by atoms with Gasteiger partial charge in [-0.2, -0.15) is 5.10 Å². The van der Waals surface area contributed by atoms with E-state index in [1.165, 1.54) is 32.1 Å². The average molecular weight is 496 g/mol. The zero-order valence-electron chi connectivity index (χ0n) is 18.2. The van der Waals surface area contributed by atoms with Crippen molar-refractivity contribution in [3.8, 4) is 28.3 Å². The first-order valence-corrected chi connectivity index (χ1v) is 11.5. The summed E-state index contributed by atoms with van der Waals surface area (Å²) in [5.74, 6) is 1.11. The minimum Gasteiger partial charge on any atom is -0.481 e. The molecular formula is C24H26BrN5O2. The molecule has 0 aromatic carbocycles. The molecule has 8 heteroatoms. The Morgan fingerprint density at radius 3 is 2.38 bits per heavy atom. The van der Waals surface area contributed by atoms with Gasteiger partial charge in [-0.1, -0.05) is 25.3 Å². The molecule has 7 nitrogen and oxygen atoms in total. The van der Waals surface area contributed by atoms with Crippen LogP contribution in [0.25, 0.3) is 28.0 Å². The Morgan fingerprint density at radius 1 is 0.969 bits per heavy atom. The van der Waals surface area contributed by atoms with Gasteiger partial charge in [-0.25, -0.2) is 14.5 Å². The highest BCUT2D eigenvalue weighted by molar-refractivity contribution is 9.10. The highest BCUT2D eigenvalue weighted by Crippen LogP contribution is 2.36. The highest BCUT2D eigenvalue weighted by Gasteiger charge is 2.21. The standard InChI is InChI=1S/C23H22BrN5O.CH4O/c1-30-21-10-8-17(12-26-21)20-9-7-16(11-25-20)18-13-27-29-14-19(24)22(28-23(18)29)15-5-3-2-4-6-15;1-2/h7-15H,2-6H2,1H3;2H,1H3. The number of hydrogen-bond acceptors (Lipinski definition) is 6. The second-order valence-electron chi connectivity index (χ2n) is 7.66. The minimum absolute atomic E-state index is 0.518. The maximum atomic E-state index is 7.00. The zero-order valence-corrected chi connectivity index (χ0v) is 19.8. The van der Waals surface area contributed by atoms with E-state index >= 15 is 0 Å². The van der Waals surface area contributed by atoms with Crippen LogP contribution < -0.4 is 4.74 Å². The lowest BCUT2D eigenvalue weighted by Gasteiger charge is -2.22. The summed E-state index contributed by atoms with van der Waals surface area (Å²) in [6.45, 7) is 0. The van der Waals surface area contributed by atoms with Crippen molar-refractivity contribution in [2.45, 2.75) is 38.0 Å². The van der Waals surface area contributed by atoms with E-state index in [1.807, 2.05) is 41.3 Å². The summed E-state index contributed by atoms with van der Waals surface area (Å²) in [7, 11) is 2.61. The van der Waals surface area contributed by atoms with E-state index in [0.717, 1.165) is 45.3 Å². The van der Waals surface area contributed by atoms with Crippen LogP contribution in [0.2, 0.25) is 0 Å². The quantitative estimate of drug-likeness (QED) is 0.414. The first kappa shape index (κ1) is 22.4. The van der Waals surface area contributed by atoms with Crippen molar-refractivity contribution in [1.82, 2.24) is 24.6 Å². The van der Waals surface area contributed by atoms with E-state index in [9.17, 15) is 0 Å². The summed E-state index contributed by atoms with van der Waals surface area (Å²) in [6, 6.07) is 7.86. The second kappa shape index (κ2) is 10.2. The van der Waals surface area contributed by atoms with Crippen molar-refractivity contribution in [2.75, 3.05) is 14.2 Å². The van der Waals surface area contributed by atoms with Gasteiger partial charge < -0.3 is 9.84 Å². The van der Waals surface area contributed by atoms with Crippen molar-refractivity contribution in [2.24, 2.45) is 0 Å². The molecule has 0 aliphatic heterocycles. The van der Waals surface area contributed by atoms with E-state index in [4.69, 9.17) is 14.8 Å². The molecule has 1 saturated carbocycles. The van der Waals surface area contributed by atoms with E-state index in [-0.39, 0.29) is 0 Å². The fourth-order valence-electron chi connectivity index (χ4n) is 4.15. The van der Waals surface area contributed by atoms with Crippen LogP contribution in [-0.4, -0.2) is 43.9 Å². The number of methoxy groups -OCH3 is 1. The lowest BCUT2D eigenvalue weighted by atomic mass is 9.87. The van der Waals surface area contributed by atoms with Gasteiger partial charge in [0.25, 0.3) is 0 Å². The molecule has 4 aromatic rings. The molecule has 0 bridgehead atoms. The molecule has 166 valence electrons. The van der Waals surface area contributed by atoms with Crippen molar-refractivity contribution in [1.29, 1.82) is 0 Å². The number of hydrogen-bond donors (Lipinski definition) is 1. The Bertz CT molecular complexity index is 1170. The van der Waals surface area contributed by atoms with Crippen LogP contribution in [0.5, 0.6) is 5.88 Å². The summed E-state index contributed by atoms with van der Waals surface area (Å²) in [5, 5.41) is 11.5. The fraction of sp³-hybridized carbons (Fsp3) is 0.333. The zero-order chi connectivity index (χ0) is 22.5. The van der Waals surface area contributed by atoms with E-state index < -0.39 is 0 Å². The Balaban J connectivity index is 0.00000119. The minimum atomic E-state index is 0.518. The first-order chi connectivity index (χ1) is 15.7. The molecule has 1 aliphatic rings. The Labute approximate surface area is 195 Å². The molecule has 0 radical (unpaired) electrons. The van der Waals surface area contributed by atoms with Crippen LogP contribution in [0.3, 0.4) is 0 Å². The molecule has 0 unspecified atom stereocenters. The lowest BCUT2D eigenvalue weighted by molar-refractivity contribution is 0.398. The number of halogens is 1. The molecule has 4 aromatic heterocycles. The summed E-state index contributed by atoms with van der Waals surface area (Å²) < 4.78 is 8.00. The van der Waals surface area contributed by atoms with Crippen LogP contribution >= 0.6 is 15.9 Å². The molecule has 0 amide bonds. The van der Waals surface area contributed by atoms with Gasteiger partial charge in [0.05, 0.1) is 29.2 Å². The number of aliphatic hydroxyl groups excluding tert-OH is 1. The highest BCUT2D eigenvalue weighted by atomic mass is 79.9. The normalized spacial score (nSPS) is 14.1. The Morgan fingerprint density at radius 2 is 1.72 bits per heavy atom. The van der Waals surface area contributed by atoms with Gasteiger partial charge in [-0.3, -0.25) is 4.98 Å². The molecule has 0 spiro atoms. The second-order valence-corrected chi connectivity index (χ2v) is 8.51. The van der Waals surface area contributed by atoms with Gasteiger partial charge in [0.1, 0.15) is 0 Å². The third kappa shape index (κ3) is 4.52. The number of aromatic nitrogens is 5. The van der Waals surface area contributed by atoms with Gasteiger partial charge in [0.15, 0.2) is 5.65 Å². The first-order valence-electron chi connectivity index (χ1n) is 10.7. The number of ether oxygens (including phenoxy) is 1. The number of pyridine rings is 2. The number of rotatable bonds is 4. The monoisotopic (exact) mass is 495 g/mol. The summed E-state index contributed by atoms with van der Waals surface area (Å²) in [4.78, 5) is 13.9. The molecular weight excluding hydrogens is 470 g/mol. The summed E-state index contributed by atoms with van der Waals surface area (Å²) in [5.41, 5.74) is 5.83. The largest absolute Gasteiger partial charge is 0.481 e. The Hall–Kier alpha value is -2.84. The van der Waals surface area contributed by atoms with Crippen molar-refractivity contribution < 1.29 is 9.84 Å². The molecule has 1 aliphatic carbocycles. The SMILES string of the molecule is CO.COc1ccc(-c2ccc(-c3cnn4cc(Br)c(C5CCCCC5)nc34)cn2)cn1. The number of fused-ring (bicyclic) bond motifs is 1. The van der Waals surface area contributed by atoms with Gasteiger partial charge in [0.2, 0.25) is 5.88 Å². The van der Waals surface area contributed by atoms with Crippen molar-refractivity contribution >= 4 is 21.6 Å². The van der Waals surface area contributed by atoms with Crippen LogP contribution in [0.15, 0.2) is 53.5 Å². The van der Waals surface area contributed by atoms with E-state index in [0.29, 0.717) is 11.8 Å². The maximum Gasteiger partial charge on any atom is 0.212 e. The van der Waals surface area contributed by atoms with Gasteiger partial charge in [-0.05, 0) is 40.9 Å². The third-order valence-electron chi connectivity index (χ3n) is 5.78. The molecule has 32 heavy (non-hydrogen) atoms. The van der Waals surface area contributed by atoms with Crippen LogP contribution in [0, 0.1) is 0 Å². The number of aliphatic hydroxyl groups is 1. The summed E-state index contributed by atoms with van der Waals surface area (Å²) in [6.07, 6.45) is 13.8. The lowest BCUT2D eigenvalue weighted by Crippen LogP contribution is -2.09. The van der Waals surface area contributed by atoms with Gasteiger partial charge >= 0.3 is 0 Å². The predicted molar refractivity (Wildman–Crippen MR) is 128 cm³/mol. The summed E-state index contributed by atoms with van der Waals surface area (Å²) >= 11 is 3.71. The van der Waals surface area contributed by atoms with Crippen LogP contribution in [0.4, 0.5) is 0 Å². The van der Waals surface area contributed by atoms with E-state index in [1.54, 1.807) is 13.3 Å². The predicted octanol–water partition coefficient (Wildman–Crippen LogP) is 5.28. The third-order valence-corrected chi connectivity index (χ3v) is 6.39. The maximum absolute atomic E-state index is 7.00. The molecule has 1 N–H and O–H groups in total. The number of nitrogens with zero attached hydrogens (tertiary/aromatic N) is 5. The molecule has 4 heterocycles. The molecule has 1 fully saturated rings. The molecule has 0 saturated heterocycles. The van der Waals surface area contributed by atoms with Crippen molar-refractivity contribution in [3.63, 3.8) is 0 Å². The van der Waals surface area contributed by atoms with E-state index in [2.05, 4.69) is 37.1 Å². The van der Waals surface area contributed by atoms with Crippen molar-refractivity contribution in [3.05, 3.63) is 59.2 Å². The van der Waals surface area contributed by atoms with Crippen LogP contribution in [-0.2, 0) is 0 Å². The van der Waals surface area contributed by atoms with Crippen LogP contribution in [0.1, 0.15) is 43.7 Å². The topological polar surface area (TPSA) is 85.4 Å². The van der Waals surface area contributed by atoms with Gasteiger partial charge in [0, 0.05) is 54.4 Å². The van der Waals surface area contributed by atoms with Gasteiger partial charge in [-0.15, -0.1) is 0 Å². The molecule has 0 atom stereocenters. The smallest absolute Gasteiger partial charge is 0.212 e. The average Bonchev–Trinajstić information content (AvgIpc) is 3.28. The Kier molecular flexibility index (Phi) is 7.12. The fourth-order valence-corrected chi connectivity index (χ4v) is 4.75. The molecule has 5 rings (SSSR count).